The van der Waals surface area contributed by atoms with E-state index in [0.29, 0.717) is 0 Å². The Bertz CT molecular complexity index is 1300. The Morgan fingerprint density at radius 1 is 1.14 bits per heavy atom. The van der Waals surface area contributed by atoms with Crippen molar-refractivity contribution < 1.29 is 37.6 Å². The van der Waals surface area contributed by atoms with E-state index in [1.165, 1.54) is 18.2 Å². The molecule has 1 atom stereocenters. The minimum Gasteiger partial charge on any atom is -0.456 e. The number of benzene rings is 2. The van der Waals surface area contributed by atoms with Crippen molar-refractivity contribution in [1.82, 2.24) is 5.32 Å². The lowest BCUT2D eigenvalue weighted by Crippen LogP contribution is -2.38. The summed E-state index contributed by atoms with van der Waals surface area (Å²) in [6.45, 7) is 6.38. The predicted octanol–water partition coefficient (Wildman–Crippen LogP) is 5.13. The number of aryl methyl sites for hydroxylation is 1. The van der Waals surface area contributed by atoms with E-state index in [2.05, 4.69) is 5.32 Å². The maximum Gasteiger partial charge on any atom is 0.407 e. The van der Waals surface area contributed by atoms with Gasteiger partial charge in [0.25, 0.3) is 5.69 Å². The van der Waals surface area contributed by atoms with Crippen LogP contribution in [0.3, 0.4) is 0 Å². The van der Waals surface area contributed by atoms with Gasteiger partial charge < -0.3 is 14.8 Å². The van der Waals surface area contributed by atoms with Gasteiger partial charge in [0, 0.05) is 17.7 Å². The van der Waals surface area contributed by atoms with Gasteiger partial charge in [-0.25, -0.2) is 18.4 Å². The van der Waals surface area contributed by atoms with Gasteiger partial charge in [0.1, 0.15) is 11.2 Å². The first kappa shape index (κ1) is 27.4. The Kier molecular flexibility index (Phi) is 8.05. The van der Waals surface area contributed by atoms with E-state index in [4.69, 9.17) is 9.47 Å². The van der Waals surface area contributed by atoms with Gasteiger partial charge >= 0.3 is 12.1 Å². The Balaban J connectivity index is 2.21. The molecule has 0 fully saturated rings. The van der Waals surface area contributed by atoms with E-state index >= 15 is 0 Å². The van der Waals surface area contributed by atoms with E-state index in [1.54, 1.807) is 27.7 Å². The predicted molar refractivity (Wildman–Crippen MR) is 128 cm³/mol. The molecule has 196 valence electrons. The van der Waals surface area contributed by atoms with Crippen LogP contribution in [0.15, 0.2) is 47.5 Å². The molecule has 9 nitrogen and oxygen atoms in total. The summed E-state index contributed by atoms with van der Waals surface area (Å²) >= 11 is 0. The Morgan fingerprint density at radius 2 is 1.84 bits per heavy atom. The van der Waals surface area contributed by atoms with Crippen molar-refractivity contribution in [2.45, 2.75) is 52.2 Å². The first-order chi connectivity index (χ1) is 17.3. The number of nitro groups is 1. The highest BCUT2D eigenvalue weighted by Gasteiger charge is 2.40. The van der Waals surface area contributed by atoms with Crippen LogP contribution in [0.1, 0.15) is 61.6 Å². The zero-order valence-electron chi connectivity index (χ0n) is 20.7. The van der Waals surface area contributed by atoms with Crippen LogP contribution in [0.5, 0.6) is 0 Å². The highest BCUT2D eigenvalue weighted by atomic mass is 19.2. The van der Waals surface area contributed by atoms with Gasteiger partial charge in [0.2, 0.25) is 5.78 Å². The van der Waals surface area contributed by atoms with Crippen LogP contribution in [-0.2, 0) is 20.7 Å². The molecule has 1 amide bonds. The fourth-order valence-electron chi connectivity index (χ4n) is 4.01. The normalized spacial score (nSPS) is 15.2. The summed E-state index contributed by atoms with van der Waals surface area (Å²) in [4.78, 5) is 50.0. The summed E-state index contributed by atoms with van der Waals surface area (Å²) in [7, 11) is 0. The number of hydrogen-bond acceptors (Lipinski definition) is 7. The molecule has 0 radical (unpaired) electrons. The number of fused-ring (bicyclic) bond motifs is 1. The second-order valence-electron chi connectivity index (χ2n) is 9.27. The molecule has 0 aromatic heterocycles. The lowest BCUT2D eigenvalue weighted by atomic mass is 9.79. The minimum atomic E-state index is -1.22. The number of nitrogens with zero attached hydrogens (tertiary/aromatic N) is 1. The molecule has 0 aliphatic heterocycles. The topological polar surface area (TPSA) is 125 Å². The highest BCUT2D eigenvalue weighted by molar-refractivity contribution is 6.26. The van der Waals surface area contributed by atoms with E-state index in [-0.39, 0.29) is 47.4 Å². The van der Waals surface area contributed by atoms with Crippen LogP contribution in [0.25, 0.3) is 0 Å². The van der Waals surface area contributed by atoms with Gasteiger partial charge in [-0.05, 0) is 69.4 Å². The van der Waals surface area contributed by atoms with Crippen molar-refractivity contribution in [3.63, 3.8) is 0 Å². The molecule has 1 aliphatic rings. The number of nitro benzene ring substituents is 1. The summed E-state index contributed by atoms with van der Waals surface area (Å²) < 4.78 is 38.6. The molecular formula is C26H26F2N2O7. The fourth-order valence-corrected chi connectivity index (χ4v) is 4.01. The lowest BCUT2D eigenvalue weighted by molar-refractivity contribution is -0.384. The SMILES string of the molecule is CCOC(=O)NC1C(CCc2cccc(F)c2F)=C(C(=O)OC(C)(C)C)C(=O)c2ccc([N+](=O)[O-])cc21. The van der Waals surface area contributed by atoms with Crippen LogP contribution in [0, 0.1) is 21.7 Å². The standard InChI is InChI=1S/C26H26F2N2O7/c1-5-36-25(33)29-22-17(11-9-14-7-6-8-19(27)21(14)28)20(24(32)37-26(2,3)4)23(31)16-12-10-15(30(34)35)13-18(16)22/h6-8,10,12-13,22H,5,9,11H2,1-4H3,(H,29,33). The van der Waals surface area contributed by atoms with Crippen LogP contribution < -0.4 is 5.32 Å². The van der Waals surface area contributed by atoms with Gasteiger partial charge in [-0.3, -0.25) is 14.9 Å². The number of carbonyl (C=O) groups is 3. The van der Waals surface area contributed by atoms with Gasteiger partial charge in [0.05, 0.1) is 17.6 Å². The van der Waals surface area contributed by atoms with Gasteiger partial charge in [-0.15, -0.1) is 0 Å². The molecule has 0 saturated heterocycles. The number of ether oxygens (including phenoxy) is 2. The Hall–Kier alpha value is -4.15. The summed E-state index contributed by atoms with van der Waals surface area (Å²) in [6, 6.07) is 5.83. The number of nitrogens with one attached hydrogen (secondary N) is 1. The number of halogens is 2. The van der Waals surface area contributed by atoms with Crippen molar-refractivity contribution in [3.8, 4) is 0 Å². The quantitative estimate of drug-likeness (QED) is 0.234. The molecule has 11 heteroatoms. The molecule has 0 saturated carbocycles. The zero-order chi connectivity index (χ0) is 27.5. The molecule has 1 aliphatic carbocycles. The van der Waals surface area contributed by atoms with Crippen LogP contribution in [-0.4, -0.2) is 35.0 Å². The molecule has 0 heterocycles. The molecule has 2 aromatic carbocycles. The van der Waals surface area contributed by atoms with E-state index < -0.39 is 51.6 Å². The van der Waals surface area contributed by atoms with E-state index in [9.17, 15) is 33.3 Å². The smallest absolute Gasteiger partial charge is 0.407 e. The van der Waals surface area contributed by atoms with Gasteiger partial charge in [-0.1, -0.05) is 12.1 Å². The lowest BCUT2D eigenvalue weighted by Gasteiger charge is -2.31. The molecular weight excluding hydrogens is 490 g/mol. The van der Waals surface area contributed by atoms with E-state index in [0.717, 1.165) is 18.2 Å². The van der Waals surface area contributed by atoms with Gasteiger partial charge in [-0.2, -0.15) is 0 Å². The third kappa shape index (κ3) is 6.16. The second kappa shape index (κ2) is 10.9. The van der Waals surface area contributed by atoms with Gasteiger partial charge in [0.15, 0.2) is 11.6 Å². The molecule has 0 spiro atoms. The summed E-state index contributed by atoms with van der Waals surface area (Å²) in [6.07, 6.45) is -1.23. The fraction of sp³-hybridized carbons (Fsp3) is 0.346. The third-order valence-corrected chi connectivity index (χ3v) is 5.53. The van der Waals surface area contributed by atoms with Crippen molar-refractivity contribution in [2.24, 2.45) is 0 Å². The number of carbonyl (C=O) groups excluding carboxylic acids is 3. The maximum absolute atomic E-state index is 14.4. The molecule has 1 N–H and O–H groups in total. The Morgan fingerprint density at radius 3 is 2.46 bits per heavy atom. The summed E-state index contributed by atoms with van der Waals surface area (Å²) in [5.74, 6) is -3.90. The van der Waals surface area contributed by atoms with Crippen molar-refractivity contribution in [3.05, 3.63) is 86.0 Å². The molecule has 1 unspecified atom stereocenters. The van der Waals surface area contributed by atoms with E-state index in [1.807, 2.05) is 0 Å². The minimum absolute atomic E-state index is 0.00571. The number of Topliss-reactive ketones (excluding diaryl/α,β-unsaturated/α-hetero) is 1. The largest absolute Gasteiger partial charge is 0.456 e. The molecule has 0 bridgehead atoms. The van der Waals surface area contributed by atoms with Crippen LogP contribution in [0.2, 0.25) is 0 Å². The number of ketones is 1. The zero-order valence-corrected chi connectivity index (χ0v) is 20.7. The number of amides is 1. The summed E-state index contributed by atoms with van der Waals surface area (Å²) in [5, 5.41) is 14.0. The van der Waals surface area contributed by atoms with Crippen LogP contribution in [0.4, 0.5) is 19.3 Å². The average Bonchev–Trinajstić information content (AvgIpc) is 2.80. The van der Waals surface area contributed by atoms with Crippen molar-refractivity contribution in [1.29, 1.82) is 0 Å². The number of alkyl carbamates (subject to hydrolysis) is 1. The first-order valence-corrected chi connectivity index (χ1v) is 11.5. The molecule has 2 aromatic rings. The van der Waals surface area contributed by atoms with Crippen molar-refractivity contribution in [2.75, 3.05) is 6.61 Å². The number of rotatable bonds is 7. The maximum atomic E-state index is 14.4. The molecule has 37 heavy (non-hydrogen) atoms. The second-order valence-corrected chi connectivity index (χ2v) is 9.27. The summed E-state index contributed by atoms with van der Waals surface area (Å²) in [5.41, 5.74) is -1.70. The Labute approximate surface area is 211 Å². The number of hydrogen-bond donors (Lipinski definition) is 1. The number of non-ortho nitro benzene ring substituents is 1. The average molecular weight is 516 g/mol. The van der Waals surface area contributed by atoms with Crippen molar-refractivity contribution >= 4 is 23.5 Å². The number of esters is 1. The first-order valence-electron chi connectivity index (χ1n) is 11.5. The highest BCUT2D eigenvalue weighted by Crippen LogP contribution is 2.39. The molecule has 3 rings (SSSR count). The third-order valence-electron chi connectivity index (χ3n) is 5.53. The monoisotopic (exact) mass is 516 g/mol. The van der Waals surface area contributed by atoms with Crippen LogP contribution >= 0.6 is 0 Å².